The standard InChI is InChI=1S/C28H28N4O2/c1-18-13-14-19(2)23(15-18)29-26(33)16-25-28(34)31(17-21-9-5-4-6-10-21)20(3)27-30-22-11-7-8-12-24(22)32(25)27/h4-15,20,25H,16-17H2,1-3H3,(H,29,33)/t20-,25+/m0/s1. The molecular formula is C28H28N4O2. The zero-order valence-corrected chi connectivity index (χ0v) is 19.7. The number of anilines is 1. The highest BCUT2D eigenvalue weighted by atomic mass is 16.2. The van der Waals surface area contributed by atoms with Crippen LogP contribution in [0, 0.1) is 13.8 Å². The smallest absolute Gasteiger partial charge is 0.247 e. The number of aromatic nitrogens is 2. The van der Waals surface area contributed by atoms with Crippen LogP contribution in [0.5, 0.6) is 0 Å². The molecule has 0 saturated heterocycles. The number of para-hydroxylation sites is 2. The Morgan fingerprint density at radius 3 is 2.53 bits per heavy atom. The maximum atomic E-state index is 13.9. The second-order valence-electron chi connectivity index (χ2n) is 9.04. The summed E-state index contributed by atoms with van der Waals surface area (Å²) in [6.45, 7) is 6.43. The van der Waals surface area contributed by atoms with E-state index in [1.807, 2.05) is 103 Å². The third-order valence-electron chi connectivity index (χ3n) is 6.59. The Morgan fingerprint density at radius 2 is 1.74 bits per heavy atom. The van der Waals surface area contributed by atoms with Gasteiger partial charge in [0.25, 0.3) is 0 Å². The molecule has 0 radical (unpaired) electrons. The van der Waals surface area contributed by atoms with E-state index in [0.717, 1.165) is 39.2 Å². The van der Waals surface area contributed by atoms with Gasteiger partial charge in [0.05, 0.1) is 23.5 Å². The van der Waals surface area contributed by atoms with Crippen molar-refractivity contribution in [2.45, 2.75) is 45.8 Å². The maximum absolute atomic E-state index is 13.9. The molecule has 0 bridgehead atoms. The number of nitrogens with zero attached hydrogens (tertiary/aromatic N) is 3. The van der Waals surface area contributed by atoms with Crippen molar-refractivity contribution < 1.29 is 9.59 Å². The van der Waals surface area contributed by atoms with Crippen LogP contribution in [0.15, 0.2) is 72.8 Å². The van der Waals surface area contributed by atoms with Crippen molar-refractivity contribution >= 4 is 28.5 Å². The van der Waals surface area contributed by atoms with Crippen LogP contribution in [0.3, 0.4) is 0 Å². The number of benzene rings is 3. The molecule has 0 aliphatic carbocycles. The molecular weight excluding hydrogens is 424 g/mol. The number of carbonyl (C=O) groups excluding carboxylic acids is 2. The topological polar surface area (TPSA) is 67.2 Å². The fraction of sp³-hybridized carbons (Fsp3) is 0.250. The van der Waals surface area contributed by atoms with Crippen LogP contribution < -0.4 is 5.32 Å². The van der Waals surface area contributed by atoms with Gasteiger partial charge in [-0.15, -0.1) is 0 Å². The van der Waals surface area contributed by atoms with Crippen LogP contribution in [0.4, 0.5) is 5.69 Å². The van der Waals surface area contributed by atoms with Crippen molar-refractivity contribution in [3.8, 4) is 0 Å². The molecule has 1 N–H and O–H groups in total. The Kier molecular flexibility index (Phi) is 5.65. The van der Waals surface area contributed by atoms with Gasteiger partial charge in [0.1, 0.15) is 11.9 Å². The molecule has 2 heterocycles. The van der Waals surface area contributed by atoms with Crippen molar-refractivity contribution in [1.29, 1.82) is 0 Å². The minimum absolute atomic E-state index is 0.0393. The quantitative estimate of drug-likeness (QED) is 0.445. The number of fused-ring (bicyclic) bond motifs is 3. The second-order valence-corrected chi connectivity index (χ2v) is 9.04. The Bertz CT molecular complexity index is 1380. The normalized spacial score (nSPS) is 17.6. The monoisotopic (exact) mass is 452 g/mol. The molecule has 3 aromatic carbocycles. The second kappa shape index (κ2) is 8.78. The van der Waals surface area contributed by atoms with Crippen LogP contribution >= 0.6 is 0 Å². The van der Waals surface area contributed by atoms with E-state index in [1.54, 1.807) is 0 Å². The number of rotatable bonds is 5. The average Bonchev–Trinajstić information content (AvgIpc) is 3.22. The maximum Gasteiger partial charge on any atom is 0.247 e. The Labute approximate surface area is 199 Å². The van der Waals surface area contributed by atoms with Gasteiger partial charge in [-0.2, -0.15) is 0 Å². The van der Waals surface area contributed by atoms with Gasteiger partial charge in [0.15, 0.2) is 0 Å². The number of imidazole rings is 1. The third kappa shape index (κ3) is 3.96. The summed E-state index contributed by atoms with van der Waals surface area (Å²) in [6.07, 6.45) is 0.0393. The molecule has 6 nitrogen and oxygen atoms in total. The molecule has 6 heteroatoms. The van der Waals surface area contributed by atoms with Crippen molar-refractivity contribution in [2.24, 2.45) is 0 Å². The lowest BCUT2D eigenvalue weighted by Gasteiger charge is -2.38. The zero-order valence-electron chi connectivity index (χ0n) is 19.7. The first-order valence-corrected chi connectivity index (χ1v) is 11.6. The lowest BCUT2D eigenvalue weighted by Crippen LogP contribution is -2.45. The average molecular weight is 453 g/mol. The van der Waals surface area contributed by atoms with Crippen LogP contribution in [-0.2, 0) is 16.1 Å². The molecule has 0 spiro atoms. The molecule has 5 rings (SSSR count). The molecule has 172 valence electrons. The van der Waals surface area contributed by atoms with Crippen LogP contribution in [0.25, 0.3) is 11.0 Å². The molecule has 4 aromatic rings. The lowest BCUT2D eigenvalue weighted by atomic mass is 10.0. The summed E-state index contributed by atoms with van der Waals surface area (Å²) >= 11 is 0. The molecule has 1 aliphatic rings. The molecule has 0 saturated carbocycles. The summed E-state index contributed by atoms with van der Waals surface area (Å²) in [6, 6.07) is 22.8. The van der Waals surface area contributed by atoms with E-state index in [0.29, 0.717) is 6.54 Å². The Morgan fingerprint density at radius 1 is 1.00 bits per heavy atom. The van der Waals surface area contributed by atoms with E-state index in [-0.39, 0.29) is 24.3 Å². The minimum atomic E-state index is -0.660. The van der Waals surface area contributed by atoms with Crippen LogP contribution in [-0.4, -0.2) is 26.3 Å². The van der Waals surface area contributed by atoms with Gasteiger partial charge in [-0.05, 0) is 55.7 Å². The van der Waals surface area contributed by atoms with Crippen LogP contribution in [0.1, 0.15) is 47.9 Å². The summed E-state index contributed by atoms with van der Waals surface area (Å²) in [7, 11) is 0. The van der Waals surface area contributed by atoms with Crippen molar-refractivity contribution in [1.82, 2.24) is 14.5 Å². The summed E-state index contributed by atoms with van der Waals surface area (Å²) in [4.78, 5) is 33.7. The number of amides is 2. The highest BCUT2D eigenvalue weighted by Gasteiger charge is 2.40. The molecule has 0 unspecified atom stereocenters. The first-order chi connectivity index (χ1) is 16.4. The van der Waals surface area contributed by atoms with Gasteiger partial charge < -0.3 is 14.8 Å². The predicted octanol–water partition coefficient (Wildman–Crippen LogP) is 5.33. The number of carbonyl (C=O) groups is 2. The van der Waals surface area contributed by atoms with Crippen molar-refractivity contribution in [2.75, 3.05) is 5.32 Å². The number of aryl methyl sites for hydroxylation is 2. The largest absolute Gasteiger partial charge is 0.327 e. The highest BCUT2D eigenvalue weighted by molar-refractivity contribution is 5.96. The molecule has 1 aliphatic heterocycles. The summed E-state index contributed by atoms with van der Waals surface area (Å²) < 4.78 is 1.96. The van der Waals surface area contributed by atoms with E-state index in [9.17, 15) is 9.59 Å². The first-order valence-electron chi connectivity index (χ1n) is 11.6. The van der Waals surface area contributed by atoms with E-state index < -0.39 is 6.04 Å². The zero-order chi connectivity index (χ0) is 23.8. The van der Waals surface area contributed by atoms with Gasteiger partial charge in [-0.1, -0.05) is 54.6 Å². The lowest BCUT2D eigenvalue weighted by molar-refractivity contribution is -0.142. The van der Waals surface area contributed by atoms with E-state index in [1.165, 1.54) is 0 Å². The fourth-order valence-electron chi connectivity index (χ4n) is 4.74. The van der Waals surface area contributed by atoms with Crippen molar-refractivity contribution in [3.63, 3.8) is 0 Å². The van der Waals surface area contributed by atoms with Gasteiger partial charge in [0, 0.05) is 12.2 Å². The molecule has 34 heavy (non-hydrogen) atoms. The molecule has 2 amide bonds. The first kappa shape index (κ1) is 21.9. The minimum Gasteiger partial charge on any atom is -0.327 e. The molecule has 1 aromatic heterocycles. The third-order valence-corrected chi connectivity index (χ3v) is 6.59. The van der Waals surface area contributed by atoms with Gasteiger partial charge >= 0.3 is 0 Å². The fourth-order valence-corrected chi connectivity index (χ4v) is 4.74. The SMILES string of the molecule is Cc1ccc(C)c(NC(=O)C[C@@H]2C(=O)N(Cc3ccccc3)[C@@H](C)c3nc4ccccc4n32)c1. The number of hydrogen-bond donors (Lipinski definition) is 1. The number of hydrogen-bond acceptors (Lipinski definition) is 3. The Hall–Kier alpha value is -3.93. The highest BCUT2D eigenvalue weighted by Crippen LogP contribution is 2.37. The van der Waals surface area contributed by atoms with Gasteiger partial charge in [0.2, 0.25) is 11.8 Å². The van der Waals surface area contributed by atoms with Crippen LogP contribution in [0.2, 0.25) is 0 Å². The number of nitrogens with one attached hydrogen (secondary N) is 1. The Balaban J connectivity index is 1.51. The predicted molar refractivity (Wildman–Crippen MR) is 133 cm³/mol. The van der Waals surface area contributed by atoms with E-state index in [2.05, 4.69) is 5.32 Å². The van der Waals surface area contributed by atoms with Gasteiger partial charge in [-0.25, -0.2) is 4.98 Å². The van der Waals surface area contributed by atoms with E-state index in [4.69, 9.17) is 4.98 Å². The van der Waals surface area contributed by atoms with E-state index >= 15 is 0 Å². The van der Waals surface area contributed by atoms with Crippen molar-refractivity contribution in [3.05, 3.63) is 95.3 Å². The summed E-state index contributed by atoms with van der Waals surface area (Å²) in [5, 5.41) is 3.02. The summed E-state index contributed by atoms with van der Waals surface area (Å²) in [5.41, 5.74) is 5.59. The molecule has 0 fully saturated rings. The molecule has 2 atom stereocenters. The summed E-state index contributed by atoms with van der Waals surface area (Å²) in [5.74, 6) is 0.550. The van der Waals surface area contributed by atoms with Gasteiger partial charge in [-0.3, -0.25) is 9.59 Å².